The second kappa shape index (κ2) is 7.83. The molecule has 138 valence electrons. The summed E-state index contributed by atoms with van der Waals surface area (Å²) in [6.45, 7) is 2.83. The fraction of sp³-hybridized carbons (Fsp3) is 0.500. The largest absolute Gasteiger partial charge is 0.462 e. The number of carbonyl (C=O) groups is 2. The molecule has 1 atom stereocenters. The number of nitrogens with two attached hydrogens (primary N) is 1. The standard InChI is InChI=1S/C16H20F3N3O3/c1-2-25-15(24)10-3-4-11(12(7-10)16(17,18)19)8-22-6-5-21-13(9-22)14(20)23/h3-4,7,13,21H,2,5-6,8-9H2,1H3,(H2,20,23). The Bertz CT molecular complexity index is 649. The van der Waals surface area contributed by atoms with E-state index in [4.69, 9.17) is 10.5 Å². The van der Waals surface area contributed by atoms with E-state index in [9.17, 15) is 22.8 Å². The molecule has 6 nitrogen and oxygen atoms in total. The highest BCUT2D eigenvalue weighted by Gasteiger charge is 2.35. The lowest BCUT2D eigenvalue weighted by Gasteiger charge is -2.32. The van der Waals surface area contributed by atoms with E-state index in [2.05, 4.69) is 5.32 Å². The smallest absolute Gasteiger partial charge is 0.416 e. The molecule has 0 aliphatic carbocycles. The Hall–Kier alpha value is -2.13. The predicted octanol–water partition coefficient (Wildman–Crippen LogP) is 1.14. The van der Waals surface area contributed by atoms with E-state index >= 15 is 0 Å². The van der Waals surface area contributed by atoms with Gasteiger partial charge in [0.25, 0.3) is 0 Å². The number of hydrogen-bond donors (Lipinski definition) is 2. The van der Waals surface area contributed by atoms with Gasteiger partial charge in [0.05, 0.1) is 23.8 Å². The summed E-state index contributed by atoms with van der Waals surface area (Å²) in [6, 6.07) is 2.80. The normalized spacial score (nSPS) is 18.8. The first kappa shape index (κ1) is 19.2. The molecule has 1 aliphatic heterocycles. The van der Waals surface area contributed by atoms with Crippen LogP contribution in [0.15, 0.2) is 18.2 Å². The number of amides is 1. The van der Waals surface area contributed by atoms with Gasteiger partial charge in [-0.1, -0.05) is 6.07 Å². The summed E-state index contributed by atoms with van der Waals surface area (Å²) in [4.78, 5) is 24.7. The molecule has 0 bridgehead atoms. The fourth-order valence-electron chi connectivity index (χ4n) is 2.71. The molecular weight excluding hydrogens is 339 g/mol. The number of halogens is 3. The second-order valence-electron chi connectivity index (χ2n) is 5.73. The van der Waals surface area contributed by atoms with Crippen LogP contribution >= 0.6 is 0 Å². The molecule has 1 unspecified atom stereocenters. The Balaban J connectivity index is 2.24. The zero-order valence-corrected chi connectivity index (χ0v) is 13.7. The predicted molar refractivity (Wildman–Crippen MR) is 83.7 cm³/mol. The number of benzene rings is 1. The first-order chi connectivity index (χ1) is 11.7. The van der Waals surface area contributed by atoms with Gasteiger partial charge >= 0.3 is 12.1 Å². The lowest BCUT2D eigenvalue weighted by atomic mass is 10.0. The number of esters is 1. The molecule has 1 saturated heterocycles. The minimum absolute atomic E-state index is 0.00338. The number of rotatable bonds is 5. The Morgan fingerprint density at radius 2 is 2.12 bits per heavy atom. The van der Waals surface area contributed by atoms with Gasteiger partial charge in [-0.25, -0.2) is 4.79 Å². The third-order valence-corrected chi connectivity index (χ3v) is 3.92. The molecule has 1 fully saturated rings. The van der Waals surface area contributed by atoms with Crippen LogP contribution in [0.4, 0.5) is 13.2 Å². The van der Waals surface area contributed by atoms with Crippen molar-refractivity contribution in [1.29, 1.82) is 0 Å². The van der Waals surface area contributed by atoms with Crippen LogP contribution in [0.25, 0.3) is 0 Å². The van der Waals surface area contributed by atoms with Gasteiger partial charge in [0, 0.05) is 26.2 Å². The zero-order valence-electron chi connectivity index (χ0n) is 13.7. The van der Waals surface area contributed by atoms with Crippen molar-refractivity contribution in [3.63, 3.8) is 0 Å². The van der Waals surface area contributed by atoms with Gasteiger partial charge in [0.2, 0.25) is 5.91 Å². The van der Waals surface area contributed by atoms with Crippen LogP contribution in [0, 0.1) is 0 Å². The average Bonchev–Trinajstić information content (AvgIpc) is 2.54. The van der Waals surface area contributed by atoms with E-state index < -0.39 is 29.7 Å². The molecule has 0 spiro atoms. The quantitative estimate of drug-likeness (QED) is 0.771. The number of primary amides is 1. The summed E-state index contributed by atoms with van der Waals surface area (Å²) in [7, 11) is 0. The number of ether oxygens (including phenoxy) is 1. The Kier molecular flexibility index (Phi) is 6.02. The topological polar surface area (TPSA) is 84.7 Å². The van der Waals surface area contributed by atoms with Crippen molar-refractivity contribution in [2.75, 3.05) is 26.2 Å². The monoisotopic (exact) mass is 359 g/mol. The molecule has 2 rings (SSSR count). The molecule has 3 N–H and O–H groups in total. The highest BCUT2D eigenvalue weighted by atomic mass is 19.4. The summed E-state index contributed by atoms with van der Waals surface area (Å²) in [6.07, 6.45) is -4.60. The van der Waals surface area contributed by atoms with Gasteiger partial charge in [0.15, 0.2) is 0 Å². The Morgan fingerprint density at radius 1 is 1.40 bits per heavy atom. The van der Waals surface area contributed by atoms with Crippen molar-refractivity contribution in [2.24, 2.45) is 5.73 Å². The maximum atomic E-state index is 13.4. The van der Waals surface area contributed by atoms with Gasteiger partial charge in [-0.05, 0) is 24.6 Å². The van der Waals surface area contributed by atoms with Crippen LogP contribution in [-0.4, -0.2) is 49.1 Å². The molecule has 0 saturated carbocycles. The maximum Gasteiger partial charge on any atom is 0.416 e. The van der Waals surface area contributed by atoms with Crippen LogP contribution in [0.3, 0.4) is 0 Å². The molecular formula is C16H20F3N3O3. The SMILES string of the molecule is CCOC(=O)c1ccc(CN2CCNC(C(N)=O)C2)c(C(F)(F)F)c1. The summed E-state index contributed by atoms with van der Waals surface area (Å²) in [5.74, 6) is -1.34. The third-order valence-electron chi connectivity index (χ3n) is 3.92. The summed E-state index contributed by atoms with van der Waals surface area (Å²) in [5.41, 5.74) is 4.25. The molecule has 1 aromatic carbocycles. The van der Waals surface area contributed by atoms with E-state index in [0.717, 1.165) is 6.07 Å². The molecule has 25 heavy (non-hydrogen) atoms. The molecule has 1 aliphatic rings. The lowest BCUT2D eigenvalue weighted by Crippen LogP contribution is -2.55. The third kappa shape index (κ3) is 4.93. The van der Waals surface area contributed by atoms with Crippen molar-refractivity contribution in [3.8, 4) is 0 Å². The molecule has 1 aromatic rings. The van der Waals surface area contributed by atoms with Crippen LogP contribution < -0.4 is 11.1 Å². The van der Waals surface area contributed by atoms with Gasteiger partial charge < -0.3 is 15.8 Å². The van der Waals surface area contributed by atoms with Crippen molar-refractivity contribution in [1.82, 2.24) is 10.2 Å². The number of nitrogens with zero attached hydrogens (tertiary/aromatic N) is 1. The Labute approximate surface area is 143 Å². The fourth-order valence-corrected chi connectivity index (χ4v) is 2.71. The number of piperazine rings is 1. The molecule has 9 heteroatoms. The first-order valence-corrected chi connectivity index (χ1v) is 7.84. The number of carbonyl (C=O) groups excluding carboxylic acids is 2. The number of alkyl halides is 3. The highest BCUT2D eigenvalue weighted by molar-refractivity contribution is 5.89. The van der Waals surface area contributed by atoms with Crippen molar-refractivity contribution in [3.05, 3.63) is 34.9 Å². The van der Waals surface area contributed by atoms with Crippen LogP contribution in [-0.2, 0) is 22.3 Å². The van der Waals surface area contributed by atoms with E-state index in [1.54, 1.807) is 11.8 Å². The molecule has 1 amide bonds. The van der Waals surface area contributed by atoms with Crippen LogP contribution in [0.5, 0.6) is 0 Å². The Morgan fingerprint density at radius 3 is 2.72 bits per heavy atom. The van der Waals surface area contributed by atoms with E-state index in [1.807, 2.05) is 0 Å². The van der Waals surface area contributed by atoms with E-state index in [-0.39, 0.29) is 30.8 Å². The van der Waals surface area contributed by atoms with Gasteiger partial charge in [-0.2, -0.15) is 13.2 Å². The van der Waals surface area contributed by atoms with Crippen molar-refractivity contribution < 1.29 is 27.5 Å². The van der Waals surface area contributed by atoms with Crippen LogP contribution in [0.2, 0.25) is 0 Å². The van der Waals surface area contributed by atoms with E-state index in [1.165, 1.54) is 12.1 Å². The van der Waals surface area contributed by atoms with Gasteiger partial charge in [-0.15, -0.1) is 0 Å². The van der Waals surface area contributed by atoms with Crippen LogP contribution in [0.1, 0.15) is 28.4 Å². The number of hydrogen-bond acceptors (Lipinski definition) is 5. The van der Waals surface area contributed by atoms with Crippen molar-refractivity contribution >= 4 is 11.9 Å². The zero-order chi connectivity index (χ0) is 18.6. The second-order valence-corrected chi connectivity index (χ2v) is 5.73. The van der Waals surface area contributed by atoms with Gasteiger partial charge in [-0.3, -0.25) is 9.69 Å². The first-order valence-electron chi connectivity index (χ1n) is 7.84. The minimum Gasteiger partial charge on any atom is -0.462 e. The van der Waals surface area contributed by atoms with Gasteiger partial charge in [0.1, 0.15) is 0 Å². The summed E-state index contributed by atoms with van der Waals surface area (Å²) < 4.78 is 44.9. The maximum absolute atomic E-state index is 13.4. The molecule has 0 aromatic heterocycles. The number of nitrogens with one attached hydrogen (secondary N) is 1. The molecule has 0 radical (unpaired) electrons. The average molecular weight is 359 g/mol. The molecule has 1 heterocycles. The minimum atomic E-state index is -4.60. The van der Waals surface area contributed by atoms with Crippen molar-refractivity contribution in [2.45, 2.75) is 25.7 Å². The van der Waals surface area contributed by atoms with E-state index in [0.29, 0.717) is 13.1 Å². The summed E-state index contributed by atoms with van der Waals surface area (Å²) in [5, 5.41) is 2.92. The highest BCUT2D eigenvalue weighted by Crippen LogP contribution is 2.33. The lowest BCUT2D eigenvalue weighted by molar-refractivity contribution is -0.138. The summed E-state index contributed by atoms with van der Waals surface area (Å²) >= 11 is 0.